The third kappa shape index (κ3) is 3.89. The van der Waals surface area contributed by atoms with E-state index in [0.717, 1.165) is 12.8 Å². The molecule has 0 radical (unpaired) electrons. The van der Waals surface area contributed by atoms with Crippen LogP contribution in [0.1, 0.15) is 26.2 Å². The van der Waals surface area contributed by atoms with E-state index in [0.29, 0.717) is 19.6 Å². The topological polar surface area (TPSA) is 78.9 Å². The lowest BCUT2D eigenvalue weighted by molar-refractivity contribution is -0.139. The highest BCUT2D eigenvalue weighted by Crippen LogP contribution is 2.12. The first-order valence-corrected chi connectivity index (χ1v) is 5.90. The second-order valence-corrected chi connectivity index (χ2v) is 4.20. The van der Waals surface area contributed by atoms with Crippen LogP contribution in [-0.4, -0.2) is 54.4 Å². The molecule has 1 atom stereocenters. The molecule has 0 aromatic carbocycles. The molecule has 1 rings (SSSR count). The molecular formula is C11H20N2O4. The predicted octanol–water partition coefficient (Wildman–Crippen LogP) is 0.670. The fourth-order valence-corrected chi connectivity index (χ4v) is 1.83. The third-order valence-electron chi connectivity index (χ3n) is 3.06. The molecule has 98 valence electrons. The summed E-state index contributed by atoms with van der Waals surface area (Å²) < 4.78 is 5.22. The number of urea groups is 1. The summed E-state index contributed by atoms with van der Waals surface area (Å²) in [4.78, 5) is 24.2. The Balaban J connectivity index is 2.47. The van der Waals surface area contributed by atoms with Gasteiger partial charge in [0.25, 0.3) is 0 Å². The minimum Gasteiger partial charge on any atom is -0.480 e. The summed E-state index contributed by atoms with van der Waals surface area (Å²) in [5.74, 6) is -0.999. The fourth-order valence-electron chi connectivity index (χ4n) is 1.83. The second-order valence-electron chi connectivity index (χ2n) is 4.20. The largest absolute Gasteiger partial charge is 0.480 e. The van der Waals surface area contributed by atoms with Gasteiger partial charge in [0.05, 0.1) is 0 Å². The number of nitrogens with zero attached hydrogens (tertiary/aromatic N) is 1. The molecular weight excluding hydrogens is 224 g/mol. The van der Waals surface area contributed by atoms with Gasteiger partial charge in [-0.1, -0.05) is 6.92 Å². The zero-order valence-corrected chi connectivity index (χ0v) is 10.3. The number of hydrogen-bond donors (Lipinski definition) is 2. The van der Waals surface area contributed by atoms with Gasteiger partial charge in [-0.15, -0.1) is 0 Å². The lowest BCUT2D eigenvalue weighted by Gasteiger charge is -2.31. The van der Waals surface area contributed by atoms with Gasteiger partial charge in [-0.25, -0.2) is 9.59 Å². The molecule has 1 fully saturated rings. The summed E-state index contributed by atoms with van der Waals surface area (Å²) in [6, 6.07) is -1.01. The van der Waals surface area contributed by atoms with Crippen LogP contribution in [0.5, 0.6) is 0 Å². The number of aliphatic carboxylic acids is 1. The molecule has 0 bridgehead atoms. The van der Waals surface area contributed by atoms with Gasteiger partial charge >= 0.3 is 12.0 Å². The lowest BCUT2D eigenvalue weighted by atomic mass is 10.1. The molecule has 6 nitrogen and oxygen atoms in total. The highest BCUT2D eigenvalue weighted by atomic mass is 16.5. The third-order valence-corrected chi connectivity index (χ3v) is 3.06. The van der Waals surface area contributed by atoms with Crippen molar-refractivity contribution in [3.05, 3.63) is 0 Å². The molecule has 17 heavy (non-hydrogen) atoms. The number of amides is 2. The highest BCUT2D eigenvalue weighted by molar-refractivity contribution is 5.82. The van der Waals surface area contributed by atoms with Crippen LogP contribution < -0.4 is 5.32 Å². The zero-order chi connectivity index (χ0) is 12.8. The summed E-state index contributed by atoms with van der Waals surface area (Å²) in [6.07, 6.45) is 1.98. The summed E-state index contributed by atoms with van der Waals surface area (Å²) in [5, 5.41) is 11.4. The minimum absolute atomic E-state index is 0.134. The smallest absolute Gasteiger partial charge is 0.326 e. The van der Waals surface area contributed by atoms with Crippen molar-refractivity contribution in [2.75, 3.05) is 20.3 Å². The molecule has 6 heteroatoms. The van der Waals surface area contributed by atoms with Crippen molar-refractivity contribution in [1.82, 2.24) is 10.2 Å². The van der Waals surface area contributed by atoms with Crippen molar-refractivity contribution < 1.29 is 19.4 Å². The van der Waals surface area contributed by atoms with Crippen molar-refractivity contribution in [3.63, 3.8) is 0 Å². The monoisotopic (exact) mass is 244 g/mol. The fraction of sp³-hybridized carbons (Fsp3) is 0.818. The molecule has 2 amide bonds. The number of carboxylic acids is 1. The molecule has 1 heterocycles. The van der Waals surface area contributed by atoms with E-state index in [4.69, 9.17) is 9.84 Å². The number of carboxylic acid groups (broad SMARTS) is 1. The Morgan fingerprint density at radius 3 is 2.53 bits per heavy atom. The predicted molar refractivity (Wildman–Crippen MR) is 61.9 cm³/mol. The van der Waals surface area contributed by atoms with Gasteiger partial charge in [-0.2, -0.15) is 0 Å². The normalized spacial score (nSPS) is 18.5. The Kier molecular flexibility index (Phi) is 5.21. The number of carbonyl (C=O) groups is 2. The molecule has 0 aromatic rings. The van der Waals surface area contributed by atoms with Crippen molar-refractivity contribution in [2.45, 2.75) is 38.3 Å². The molecule has 0 spiro atoms. The van der Waals surface area contributed by atoms with Gasteiger partial charge in [0.2, 0.25) is 0 Å². The average Bonchev–Trinajstić information content (AvgIpc) is 2.35. The zero-order valence-electron chi connectivity index (χ0n) is 10.3. The van der Waals surface area contributed by atoms with E-state index >= 15 is 0 Å². The van der Waals surface area contributed by atoms with E-state index in [2.05, 4.69) is 5.32 Å². The number of carbonyl (C=O) groups excluding carboxylic acids is 1. The van der Waals surface area contributed by atoms with Crippen LogP contribution in [0.25, 0.3) is 0 Å². The summed E-state index contributed by atoms with van der Waals surface area (Å²) in [5.41, 5.74) is 0. The van der Waals surface area contributed by atoms with E-state index in [-0.39, 0.29) is 12.1 Å². The molecule has 1 unspecified atom stereocenters. The van der Waals surface area contributed by atoms with Crippen molar-refractivity contribution >= 4 is 12.0 Å². The van der Waals surface area contributed by atoms with Crippen LogP contribution in [0.3, 0.4) is 0 Å². The van der Waals surface area contributed by atoms with Crippen LogP contribution in [0, 0.1) is 0 Å². The Morgan fingerprint density at radius 1 is 1.47 bits per heavy atom. The number of hydrogen-bond acceptors (Lipinski definition) is 3. The van der Waals surface area contributed by atoms with Gasteiger partial charge in [-0.3, -0.25) is 0 Å². The first-order chi connectivity index (χ1) is 8.06. The summed E-state index contributed by atoms with van der Waals surface area (Å²) in [7, 11) is 1.69. The Bertz CT molecular complexity index is 277. The average molecular weight is 244 g/mol. The lowest BCUT2D eigenvalue weighted by Crippen LogP contribution is -2.50. The minimum atomic E-state index is -0.999. The highest BCUT2D eigenvalue weighted by Gasteiger charge is 2.25. The van der Waals surface area contributed by atoms with Crippen LogP contribution in [-0.2, 0) is 9.53 Å². The van der Waals surface area contributed by atoms with Crippen molar-refractivity contribution in [1.29, 1.82) is 0 Å². The van der Waals surface area contributed by atoms with E-state index in [1.165, 1.54) is 0 Å². The van der Waals surface area contributed by atoms with Gasteiger partial charge in [0.15, 0.2) is 0 Å². The maximum absolute atomic E-state index is 11.8. The Labute approximate surface area is 101 Å². The quantitative estimate of drug-likeness (QED) is 0.762. The van der Waals surface area contributed by atoms with Gasteiger partial charge in [0.1, 0.15) is 6.04 Å². The van der Waals surface area contributed by atoms with Crippen LogP contribution in [0.2, 0.25) is 0 Å². The maximum Gasteiger partial charge on any atom is 0.326 e. The molecule has 0 saturated carbocycles. The standard InChI is InChI=1S/C11H20N2O4/c1-3-9(10(14)15)12-11(16)13(2)8-4-6-17-7-5-8/h8-9H,3-7H2,1-2H3,(H,12,16)(H,14,15). The first kappa shape index (κ1) is 13.8. The summed E-state index contributed by atoms with van der Waals surface area (Å²) >= 11 is 0. The van der Waals surface area contributed by atoms with E-state index in [1.807, 2.05) is 0 Å². The molecule has 0 aliphatic carbocycles. The molecule has 0 aromatic heterocycles. The number of rotatable bonds is 4. The second kappa shape index (κ2) is 6.44. The number of ether oxygens (including phenoxy) is 1. The van der Waals surface area contributed by atoms with E-state index in [1.54, 1.807) is 18.9 Å². The van der Waals surface area contributed by atoms with Crippen LogP contribution in [0.4, 0.5) is 4.79 Å². The van der Waals surface area contributed by atoms with Gasteiger partial charge < -0.3 is 20.1 Å². The van der Waals surface area contributed by atoms with Gasteiger partial charge in [-0.05, 0) is 19.3 Å². The molecule has 1 aliphatic rings. The number of nitrogens with one attached hydrogen (secondary N) is 1. The van der Waals surface area contributed by atoms with Crippen molar-refractivity contribution in [3.8, 4) is 0 Å². The van der Waals surface area contributed by atoms with Crippen molar-refractivity contribution in [2.24, 2.45) is 0 Å². The van der Waals surface area contributed by atoms with Gasteiger partial charge in [0, 0.05) is 26.3 Å². The maximum atomic E-state index is 11.8. The first-order valence-electron chi connectivity index (χ1n) is 5.90. The van der Waals surface area contributed by atoms with Crippen LogP contribution >= 0.6 is 0 Å². The Hall–Kier alpha value is -1.30. The SMILES string of the molecule is CCC(NC(=O)N(C)C1CCOCC1)C(=O)O. The van der Waals surface area contributed by atoms with E-state index in [9.17, 15) is 9.59 Å². The molecule has 1 aliphatic heterocycles. The van der Waals surface area contributed by atoms with Crippen LogP contribution in [0.15, 0.2) is 0 Å². The van der Waals surface area contributed by atoms with E-state index < -0.39 is 12.0 Å². The Morgan fingerprint density at radius 2 is 2.06 bits per heavy atom. The molecule has 2 N–H and O–H groups in total. The molecule has 1 saturated heterocycles. The summed E-state index contributed by atoms with van der Waals surface area (Å²) in [6.45, 7) is 3.03.